The minimum Gasteiger partial charge on any atom is -0.396 e. The molecule has 0 fully saturated rings. The number of hydrogen-bond acceptors (Lipinski definition) is 3. The predicted molar refractivity (Wildman–Crippen MR) is 76.5 cm³/mol. The molecule has 0 aliphatic rings. The molecule has 0 aliphatic heterocycles. The second-order valence-corrected chi connectivity index (χ2v) is 6.52. The summed E-state index contributed by atoms with van der Waals surface area (Å²) in [5.74, 6) is 0.189. The van der Waals surface area contributed by atoms with Crippen LogP contribution in [0.5, 0.6) is 0 Å². The van der Waals surface area contributed by atoms with E-state index in [9.17, 15) is 8.42 Å². The van der Waals surface area contributed by atoms with E-state index in [2.05, 4.69) is 11.6 Å². The number of aliphatic hydroxyl groups excluding tert-OH is 1. The second-order valence-electron chi connectivity index (χ2n) is 4.78. The van der Waals surface area contributed by atoms with Crippen LogP contribution >= 0.6 is 0 Å². The lowest BCUT2D eigenvalue weighted by atomic mass is 10.0. The summed E-state index contributed by atoms with van der Waals surface area (Å²) in [6.45, 7) is 4.31. The largest absolute Gasteiger partial charge is 0.396 e. The van der Waals surface area contributed by atoms with E-state index in [-0.39, 0.29) is 12.5 Å². The maximum atomic E-state index is 12.2. The van der Waals surface area contributed by atoms with Crippen molar-refractivity contribution in [1.29, 1.82) is 0 Å². The predicted octanol–water partition coefficient (Wildman–Crippen LogP) is 2.07. The van der Waals surface area contributed by atoms with Gasteiger partial charge >= 0.3 is 0 Å². The quantitative estimate of drug-likeness (QED) is 0.768. The third-order valence-electron chi connectivity index (χ3n) is 3.18. The van der Waals surface area contributed by atoms with Crippen LogP contribution in [-0.4, -0.2) is 26.7 Å². The van der Waals surface area contributed by atoms with Gasteiger partial charge in [0, 0.05) is 13.2 Å². The summed E-state index contributed by atoms with van der Waals surface area (Å²) in [5.41, 5.74) is 0.740. The number of benzene rings is 1. The van der Waals surface area contributed by atoms with Crippen molar-refractivity contribution in [2.45, 2.75) is 38.0 Å². The molecule has 4 nitrogen and oxygen atoms in total. The summed E-state index contributed by atoms with van der Waals surface area (Å²) >= 11 is 0. The molecule has 19 heavy (non-hydrogen) atoms. The Morgan fingerprint density at radius 3 is 2.53 bits per heavy atom. The van der Waals surface area contributed by atoms with E-state index in [4.69, 9.17) is 5.11 Å². The fourth-order valence-electron chi connectivity index (χ4n) is 2.10. The first-order valence-electron chi connectivity index (χ1n) is 6.67. The van der Waals surface area contributed by atoms with E-state index in [1.54, 1.807) is 25.1 Å². The molecule has 0 spiro atoms. The Morgan fingerprint density at radius 2 is 1.95 bits per heavy atom. The van der Waals surface area contributed by atoms with Gasteiger partial charge in [-0.05, 0) is 37.3 Å². The Bertz CT molecular complexity index is 479. The van der Waals surface area contributed by atoms with E-state index in [0.29, 0.717) is 17.9 Å². The smallest absolute Gasteiger partial charge is 0.240 e. The highest BCUT2D eigenvalue weighted by Crippen LogP contribution is 2.15. The molecule has 0 amide bonds. The van der Waals surface area contributed by atoms with Crippen molar-refractivity contribution in [2.24, 2.45) is 5.92 Å². The molecule has 1 aromatic rings. The fraction of sp³-hybridized carbons (Fsp3) is 0.571. The number of sulfonamides is 1. The van der Waals surface area contributed by atoms with Crippen LogP contribution in [0.4, 0.5) is 0 Å². The molecule has 0 saturated heterocycles. The zero-order chi connectivity index (χ0) is 14.3. The highest BCUT2D eigenvalue weighted by Gasteiger charge is 2.18. The molecule has 0 heterocycles. The molecule has 2 N–H and O–H groups in total. The maximum absolute atomic E-state index is 12.2. The molecule has 0 radical (unpaired) electrons. The Morgan fingerprint density at radius 1 is 1.26 bits per heavy atom. The highest BCUT2D eigenvalue weighted by atomic mass is 32.2. The zero-order valence-corrected chi connectivity index (χ0v) is 12.4. The molecular weight excluding hydrogens is 262 g/mol. The lowest BCUT2D eigenvalue weighted by Crippen LogP contribution is -2.30. The van der Waals surface area contributed by atoms with Gasteiger partial charge in [-0.2, -0.15) is 0 Å². The van der Waals surface area contributed by atoms with Crippen LogP contribution in [0.3, 0.4) is 0 Å². The lowest BCUT2D eigenvalue weighted by molar-refractivity contribution is 0.251. The van der Waals surface area contributed by atoms with Gasteiger partial charge in [0.25, 0.3) is 0 Å². The van der Waals surface area contributed by atoms with Crippen molar-refractivity contribution in [3.63, 3.8) is 0 Å². The van der Waals surface area contributed by atoms with Gasteiger partial charge in [0.15, 0.2) is 0 Å². The Kier molecular flexibility index (Phi) is 6.48. The first-order valence-corrected chi connectivity index (χ1v) is 8.15. The van der Waals surface area contributed by atoms with Crippen molar-refractivity contribution < 1.29 is 13.5 Å². The third kappa shape index (κ3) is 4.93. The van der Waals surface area contributed by atoms with Crippen molar-refractivity contribution >= 4 is 10.0 Å². The summed E-state index contributed by atoms with van der Waals surface area (Å²) in [7, 11) is -3.45. The molecule has 0 saturated carbocycles. The maximum Gasteiger partial charge on any atom is 0.240 e. The first-order chi connectivity index (χ1) is 9.01. The lowest BCUT2D eigenvalue weighted by Gasteiger charge is -2.16. The van der Waals surface area contributed by atoms with Crippen LogP contribution in [0.15, 0.2) is 29.2 Å². The normalized spacial score (nSPS) is 13.4. The van der Waals surface area contributed by atoms with Crippen LogP contribution in [0.2, 0.25) is 0 Å². The molecule has 0 bridgehead atoms. The van der Waals surface area contributed by atoms with Crippen LogP contribution in [0, 0.1) is 12.8 Å². The first kappa shape index (κ1) is 16.1. The molecule has 1 aromatic carbocycles. The van der Waals surface area contributed by atoms with E-state index >= 15 is 0 Å². The number of aliphatic hydroxyl groups is 1. The molecule has 1 rings (SSSR count). The van der Waals surface area contributed by atoms with E-state index < -0.39 is 10.0 Å². The molecule has 0 aliphatic carbocycles. The van der Waals surface area contributed by atoms with Crippen molar-refractivity contribution in [2.75, 3.05) is 13.2 Å². The minimum absolute atomic E-state index is 0.0940. The van der Waals surface area contributed by atoms with Gasteiger partial charge in [-0.15, -0.1) is 0 Å². The standard InChI is InChI=1S/C14H23NO3S/c1-3-6-13(9-10-16)11-15-19(17,18)14-8-5-4-7-12(14)2/h4-5,7-8,13,15-16H,3,6,9-11H2,1-2H3. The van der Waals surface area contributed by atoms with E-state index in [0.717, 1.165) is 18.4 Å². The summed E-state index contributed by atoms with van der Waals surface area (Å²) in [4.78, 5) is 0.328. The Balaban J connectivity index is 2.72. The van der Waals surface area contributed by atoms with Crippen LogP contribution in [-0.2, 0) is 10.0 Å². The van der Waals surface area contributed by atoms with Gasteiger partial charge in [-0.1, -0.05) is 31.5 Å². The molecule has 5 heteroatoms. The van der Waals surface area contributed by atoms with Crippen molar-refractivity contribution in [1.82, 2.24) is 4.72 Å². The van der Waals surface area contributed by atoms with Gasteiger partial charge in [0.1, 0.15) is 0 Å². The number of aryl methyl sites for hydroxylation is 1. The van der Waals surface area contributed by atoms with Gasteiger partial charge < -0.3 is 5.11 Å². The number of rotatable bonds is 8. The molecule has 1 atom stereocenters. The highest BCUT2D eigenvalue weighted by molar-refractivity contribution is 7.89. The van der Waals surface area contributed by atoms with Gasteiger partial charge in [-0.3, -0.25) is 0 Å². The number of hydrogen-bond donors (Lipinski definition) is 2. The molecular formula is C14H23NO3S. The second kappa shape index (κ2) is 7.62. The summed E-state index contributed by atoms with van der Waals surface area (Å²) in [6.07, 6.45) is 2.53. The molecule has 0 aromatic heterocycles. The minimum atomic E-state index is -3.45. The van der Waals surface area contributed by atoms with Crippen LogP contribution in [0.25, 0.3) is 0 Å². The van der Waals surface area contributed by atoms with Crippen molar-refractivity contribution in [3.05, 3.63) is 29.8 Å². The summed E-state index contributed by atoms with van der Waals surface area (Å²) in [5, 5.41) is 8.98. The van der Waals surface area contributed by atoms with Crippen LogP contribution < -0.4 is 4.72 Å². The Labute approximate surface area is 115 Å². The number of nitrogens with one attached hydrogen (secondary N) is 1. The third-order valence-corrected chi connectivity index (χ3v) is 4.76. The SMILES string of the molecule is CCCC(CCO)CNS(=O)(=O)c1ccccc1C. The summed E-state index contributed by atoms with van der Waals surface area (Å²) in [6, 6.07) is 6.93. The van der Waals surface area contributed by atoms with Crippen molar-refractivity contribution in [3.8, 4) is 0 Å². The van der Waals surface area contributed by atoms with E-state index in [1.165, 1.54) is 0 Å². The summed E-state index contributed by atoms with van der Waals surface area (Å²) < 4.78 is 27.0. The fourth-order valence-corrected chi connectivity index (χ4v) is 3.46. The monoisotopic (exact) mass is 285 g/mol. The average Bonchev–Trinajstić information content (AvgIpc) is 2.37. The zero-order valence-electron chi connectivity index (χ0n) is 11.6. The van der Waals surface area contributed by atoms with Gasteiger partial charge in [-0.25, -0.2) is 13.1 Å². The van der Waals surface area contributed by atoms with E-state index in [1.807, 2.05) is 6.07 Å². The molecule has 108 valence electrons. The Hall–Kier alpha value is -0.910. The molecule has 1 unspecified atom stereocenters. The van der Waals surface area contributed by atoms with Crippen LogP contribution in [0.1, 0.15) is 31.7 Å². The van der Waals surface area contributed by atoms with Gasteiger partial charge in [0.2, 0.25) is 10.0 Å². The topological polar surface area (TPSA) is 66.4 Å². The van der Waals surface area contributed by atoms with Gasteiger partial charge in [0.05, 0.1) is 4.90 Å². The average molecular weight is 285 g/mol.